The number of nitro groups is 1. The van der Waals surface area contributed by atoms with Crippen molar-refractivity contribution in [2.45, 2.75) is 88.8 Å². The first kappa shape index (κ1) is 29.5. The lowest BCUT2D eigenvalue weighted by atomic mass is 9.72. The van der Waals surface area contributed by atoms with E-state index in [9.17, 15) is 28.4 Å². The monoisotopic (exact) mass is 538 g/mol. The van der Waals surface area contributed by atoms with Gasteiger partial charge in [0.1, 0.15) is 0 Å². The molecule has 4 atom stereocenters. The molecule has 2 aliphatic rings. The Balaban J connectivity index is 1.76. The van der Waals surface area contributed by atoms with Crippen molar-refractivity contribution >= 4 is 21.6 Å². The summed E-state index contributed by atoms with van der Waals surface area (Å²) in [4.78, 5) is 25.6. The zero-order valence-corrected chi connectivity index (χ0v) is 23.2. The van der Waals surface area contributed by atoms with Crippen LogP contribution in [0.15, 0.2) is 29.2 Å². The van der Waals surface area contributed by atoms with Gasteiger partial charge in [0.15, 0.2) is 0 Å². The Morgan fingerprint density at radius 1 is 1.22 bits per heavy atom. The second-order valence-electron chi connectivity index (χ2n) is 11.5. The number of aliphatic hydroxyl groups is 1. The Bertz CT molecular complexity index is 1040. The molecule has 1 aromatic rings. The highest BCUT2D eigenvalue weighted by molar-refractivity contribution is 7.89. The number of hydrogen-bond acceptors (Lipinski definition) is 7. The molecular weight excluding hydrogens is 496 g/mol. The van der Waals surface area contributed by atoms with Crippen molar-refractivity contribution in [2.24, 2.45) is 11.8 Å². The van der Waals surface area contributed by atoms with Gasteiger partial charge in [-0.25, -0.2) is 8.42 Å². The van der Waals surface area contributed by atoms with Crippen molar-refractivity contribution < 1.29 is 23.2 Å². The van der Waals surface area contributed by atoms with Gasteiger partial charge in [-0.15, -0.1) is 0 Å². The fourth-order valence-corrected chi connectivity index (χ4v) is 7.21. The van der Waals surface area contributed by atoms with Crippen LogP contribution < -0.4 is 5.32 Å². The largest absolute Gasteiger partial charge is 0.390 e. The summed E-state index contributed by atoms with van der Waals surface area (Å²) < 4.78 is 27.9. The van der Waals surface area contributed by atoms with Gasteiger partial charge < -0.3 is 10.4 Å². The molecule has 1 heterocycles. The fourth-order valence-electron chi connectivity index (χ4n) is 5.64. The van der Waals surface area contributed by atoms with Gasteiger partial charge in [-0.1, -0.05) is 26.2 Å². The maximum absolute atomic E-state index is 13.3. The first-order chi connectivity index (χ1) is 17.3. The third kappa shape index (κ3) is 7.72. The molecule has 208 valence electrons. The van der Waals surface area contributed by atoms with Crippen LogP contribution in [0.25, 0.3) is 0 Å². The summed E-state index contributed by atoms with van der Waals surface area (Å²) >= 11 is 0. The summed E-state index contributed by atoms with van der Waals surface area (Å²) in [5, 5.41) is 25.1. The summed E-state index contributed by atoms with van der Waals surface area (Å²) in [5.74, 6) is 0.930. The predicted octanol–water partition coefficient (Wildman–Crippen LogP) is 3.15. The number of amides is 1. The Hall–Kier alpha value is -2.08. The summed E-state index contributed by atoms with van der Waals surface area (Å²) in [6.07, 6.45) is 4.89. The number of piperidine rings is 1. The van der Waals surface area contributed by atoms with Gasteiger partial charge in [0, 0.05) is 43.9 Å². The Kier molecular flexibility index (Phi) is 9.71. The van der Waals surface area contributed by atoms with Gasteiger partial charge in [-0.3, -0.25) is 19.8 Å². The van der Waals surface area contributed by atoms with Crippen LogP contribution in [0.5, 0.6) is 0 Å². The number of fused-ring (bicyclic) bond motifs is 1. The van der Waals surface area contributed by atoms with Crippen molar-refractivity contribution in [3.05, 3.63) is 34.4 Å². The first-order valence-corrected chi connectivity index (χ1v) is 14.7. The van der Waals surface area contributed by atoms with E-state index in [-0.39, 0.29) is 47.7 Å². The number of carbonyl (C=O) groups is 1. The van der Waals surface area contributed by atoms with Gasteiger partial charge in [-0.2, -0.15) is 4.31 Å². The van der Waals surface area contributed by atoms with Crippen LogP contribution in [-0.2, 0) is 14.8 Å². The number of nitro benzene ring substituents is 1. The molecule has 0 spiro atoms. The van der Waals surface area contributed by atoms with Crippen LogP contribution in [0.1, 0.15) is 66.2 Å². The lowest BCUT2D eigenvalue weighted by Crippen LogP contribution is -2.59. The molecule has 10 nitrogen and oxygen atoms in total. The molecule has 0 unspecified atom stereocenters. The third-order valence-electron chi connectivity index (χ3n) is 7.32. The molecule has 2 fully saturated rings. The van der Waals surface area contributed by atoms with Gasteiger partial charge in [0.25, 0.3) is 5.69 Å². The van der Waals surface area contributed by atoms with Crippen molar-refractivity contribution in [3.63, 3.8) is 0 Å². The summed E-state index contributed by atoms with van der Waals surface area (Å²) in [6, 6.07) is 4.42. The predicted molar refractivity (Wildman–Crippen MR) is 141 cm³/mol. The molecule has 2 N–H and O–H groups in total. The van der Waals surface area contributed by atoms with E-state index in [0.717, 1.165) is 19.3 Å². The van der Waals surface area contributed by atoms with E-state index < -0.39 is 21.1 Å². The zero-order chi connectivity index (χ0) is 27.4. The topological polar surface area (TPSA) is 133 Å². The van der Waals surface area contributed by atoms with Crippen LogP contribution in [0.2, 0.25) is 0 Å². The minimum Gasteiger partial charge on any atom is -0.390 e. The average molecular weight is 539 g/mol. The number of β-amino-alcohol motifs (C(OH)–C–C–N with tert-alkyl or cyclic N) is 1. The number of aliphatic hydroxyl groups excluding tert-OH is 1. The smallest absolute Gasteiger partial charge is 0.269 e. The maximum Gasteiger partial charge on any atom is 0.269 e. The van der Waals surface area contributed by atoms with Crippen LogP contribution in [0.3, 0.4) is 0 Å². The normalized spacial score (nSPS) is 23.9. The fraction of sp³-hybridized carbons (Fsp3) is 0.731. The van der Waals surface area contributed by atoms with Crippen LogP contribution >= 0.6 is 0 Å². The molecule has 1 aromatic carbocycles. The number of rotatable bonds is 10. The number of non-ortho nitro benzene ring substituents is 1. The van der Waals surface area contributed by atoms with E-state index in [1.807, 2.05) is 32.6 Å². The van der Waals surface area contributed by atoms with Crippen LogP contribution in [0.4, 0.5) is 5.69 Å². The third-order valence-corrected chi connectivity index (χ3v) is 9.20. The quantitative estimate of drug-likeness (QED) is 0.345. The molecule has 1 saturated heterocycles. The van der Waals surface area contributed by atoms with E-state index in [2.05, 4.69) is 5.32 Å². The second-order valence-corrected chi connectivity index (χ2v) is 13.5. The van der Waals surface area contributed by atoms with Crippen molar-refractivity contribution in [3.8, 4) is 0 Å². The number of nitrogens with one attached hydrogen (secondary N) is 1. The number of likely N-dealkylation sites (tertiary alicyclic amines) is 1. The lowest BCUT2D eigenvalue weighted by molar-refractivity contribution is -0.384. The molecular formula is C26H42N4O6S. The molecule has 37 heavy (non-hydrogen) atoms. The number of sulfonamides is 1. The molecule has 0 bridgehead atoms. The van der Waals surface area contributed by atoms with E-state index in [1.54, 1.807) is 0 Å². The average Bonchev–Trinajstić information content (AvgIpc) is 2.82. The molecule has 0 aromatic heterocycles. The van der Waals surface area contributed by atoms with Crippen molar-refractivity contribution in [2.75, 3.05) is 26.2 Å². The number of hydrogen-bond donors (Lipinski definition) is 2. The van der Waals surface area contributed by atoms with Crippen molar-refractivity contribution in [1.82, 2.24) is 14.5 Å². The van der Waals surface area contributed by atoms with Crippen LogP contribution in [0, 0.1) is 22.0 Å². The minimum atomic E-state index is -3.96. The first-order valence-electron chi connectivity index (χ1n) is 13.3. The van der Waals surface area contributed by atoms with E-state index in [4.69, 9.17) is 0 Å². The van der Waals surface area contributed by atoms with Gasteiger partial charge in [-0.05, 0) is 64.0 Å². The van der Waals surface area contributed by atoms with Gasteiger partial charge in [0.2, 0.25) is 15.9 Å². The van der Waals surface area contributed by atoms with E-state index in [0.29, 0.717) is 24.8 Å². The van der Waals surface area contributed by atoms with Crippen LogP contribution in [-0.4, -0.2) is 77.4 Å². The molecule has 1 saturated carbocycles. The molecule has 1 amide bonds. The summed E-state index contributed by atoms with van der Waals surface area (Å²) in [5.41, 5.74) is -0.562. The van der Waals surface area contributed by atoms with E-state index >= 15 is 0 Å². The lowest BCUT2D eigenvalue weighted by Gasteiger charge is -2.46. The van der Waals surface area contributed by atoms with Crippen molar-refractivity contribution in [1.29, 1.82) is 0 Å². The highest BCUT2D eigenvalue weighted by atomic mass is 32.2. The maximum atomic E-state index is 13.3. The Morgan fingerprint density at radius 2 is 1.84 bits per heavy atom. The summed E-state index contributed by atoms with van der Waals surface area (Å²) in [7, 11) is -3.96. The number of benzene rings is 1. The zero-order valence-electron chi connectivity index (χ0n) is 22.4. The second kappa shape index (κ2) is 12.2. The molecule has 11 heteroatoms. The molecule has 1 aliphatic heterocycles. The minimum absolute atomic E-state index is 0.0485. The SMILES string of the molecule is CCCN(C[C@H](O)CN1C[C@H]2CCCC[C@H]2C[C@H]1C(=O)NC(C)(C)C)S(=O)(=O)c1ccc([N+](=O)[O-])cc1. The highest BCUT2D eigenvalue weighted by Crippen LogP contribution is 2.38. The molecule has 3 rings (SSSR count). The Morgan fingerprint density at radius 3 is 2.41 bits per heavy atom. The Labute approximate surface area is 220 Å². The molecule has 0 radical (unpaired) electrons. The van der Waals surface area contributed by atoms with E-state index in [1.165, 1.54) is 41.4 Å². The van der Waals surface area contributed by atoms with Gasteiger partial charge in [0.05, 0.1) is 22.0 Å². The standard InChI is InChI=1S/C26H42N4O6S/c1-5-14-29(37(35,36)23-12-10-21(11-13-23)30(33)34)18-22(31)17-28-16-20-9-7-6-8-19(20)15-24(28)25(32)27-26(2,3)4/h10-13,19-20,22,24,31H,5-9,14-18H2,1-4H3,(H,27,32)/t19-,20+,22+,24-/m0/s1. The number of carbonyl (C=O) groups excluding carboxylic acids is 1. The van der Waals surface area contributed by atoms with Gasteiger partial charge >= 0.3 is 0 Å². The number of nitrogens with zero attached hydrogens (tertiary/aromatic N) is 3. The highest BCUT2D eigenvalue weighted by Gasteiger charge is 2.41. The summed E-state index contributed by atoms with van der Waals surface area (Å²) in [6.45, 7) is 8.69. The molecule has 1 aliphatic carbocycles.